The van der Waals surface area contributed by atoms with Crippen LogP contribution in [-0.4, -0.2) is 97.9 Å². The number of amides is 1. The number of aromatic nitrogens is 2. The number of aliphatic hydroxyl groups is 1. The Morgan fingerprint density at radius 1 is 0.920 bits per heavy atom. The number of nitrogens with one attached hydrogen (secondary N) is 2. The first-order chi connectivity index (χ1) is 24.3. The van der Waals surface area contributed by atoms with Gasteiger partial charge in [-0.2, -0.15) is 0 Å². The second-order valence-corrected chi connectivity index (χ2v) is 12.2. The van der Waals surface area contributed by atoms with Crippen LogP contribution in [0.25, 0.3) is 0 Å². The molecule has 3 atom stereocenters. The van der Waals surface area contributed by atoms with E-state index in [0.29, 0.717) is 37.8 Å². The molecule has 0 unspecified atom stereocenters. The molecule has 4 aromatic rings. The highest BCUT2D eigenvalue weighted by atomic mass is 16.6. The fourth-order valence-corrected chi connectivity index (χ4v) is 6.43. The van der Waals surface area contributed by atoms with Gasteiger partial charge in [-0.05, 0) is 41.0 Å². The number of hydrogen-bond acceptors (Lipinski definition) is 10. The molecule has 13 heteroatoms. The number of carbonyl (C=O) groups is 1. The van der Waals surface area contributed by atoms with E-state index >= 15 is 0 Å². The largest absolute Gasteiger partial charge is 0.497 e. The number of carbonyl (C=O) groups excluding carboxylic acids is 1. The number of benzene rings is 3. The highest BCUT2D eigenvalue weighted by molar-refractivity contribution is 5.93. The van der Waals surface area contributed by atoms with Crippen LogP contribution >= 0.6 is 0 Å². The Bertz CT molecular complexity index is 1790. The molecule has 13 nitrogen and oxygen atoms in total. The van der Waals surface area contributed by atoms with Gasteiger partial charge in [0.15, 0.2) is 0 Å². The van der Waals surface area contributed by atoms with Crippen LogP contribution < -0.4 is 26.0 Å². The van der Waals surface area contributed by atoms with Gasteiger partial charge in [0.2, 0.25) is 0 Å². The zero-order chi connectivity index (χ0) is 35.1. The molecule has 50 heavy (non-hydrogen) atoms. The summed E-state index contributed by atoms with van der Waals surface area (Å²) < 4.78 is 30.5. The zero-order valence-electron chi connectivity index (χ0n) is 28.1. The van der Waals surface area contributed by atoms with Crippen LogP contribution in [0.1, 0.15) is 39.7 Å². The molecule has 0 saturated carbocycles. The molecule has 264 valence electrons. The van der Waals surface area contributed by atoms with Gasteiger partial charge in [0.1, 0.15) is 35.0 Å². The molecular weight excluding hydrogens is 644 g/mol. The molecular formula is C37H42N4O9. The normalized spacial score (nSPS) is 19.6. The predicted molar refractivity (Wildman–Crippen MR) is 184 cm³/mol. The summed E-state index contributed by atoms with van der Waals surface area (Å²) in [5.41, 5.74) is -0.497. The van der Waals surface area contributed by atoms with E-state index in [-0.39, 0.29) is 18.6 Å². The molecule has 0 aliphatic carbocycles. The fraction of sp³-hybridized carbons (Fsp3) is 0.378. The van der Waals surface area contributed by atoms with Crippen molar-refractivity contribution in [2.75, 3.05) is 60.2 Å². The first kappa shape index (κ1) is 35.1. The fourth-order valence-electron chi connectivity index (χ4n) is 6.43. The number of ether oxygens (including phenoxy) is 5. The monoisotopic (exact) mass is 686 g/mol. The third kappa shape index (κ3) is 7.52. The van der Waals surface area contributed by atoms with E-state index in [4.69, 9.17) is 23.7 Å². The van der Waals surface area contributed by atoms with Crippen molar-refractivity contribution >= 4 is 5.91 Å². The van der Waals surface area contributed by atoms with Gasteiger partial charge in [0.05, 0.1) is 40.1 Å². The average Bonchev–Trinajstić information content (AvgIpc) is 3.52. The smallest absolute Gasteiger partial charge is 0.330 e. The lowest BCUT2D eigenvalue weighted by Crippen LogP contribution is -2.43. The molecule has 3 N–H and O–H groups in total. The molecule has 2 aliphatic rings. The predicted octanol–water partition coefficient (Wildman–Crippen LogP) is 2.27. The number of morpholine rings is 1. The maximum Gasteiger partial charge on any atom is 0.330 e. The van der Waals surface area contributed by atoms with Crippen LogP contribution in [0.5, 0.6) is 11.5 Å². The minimum atomic E-state index is -1.15. The number of H-pyrrole nitrogens is 1. The van der Waals surface area contributed by atoms with Crippen molar-refractivity contribution in [2.45, 2.75) is 30.5 Å². The second-order valence-electron chi connectivity index (χ2n) is 12.2. The van der Waals surface area contributed by atoms with Gasteiger partial charge in [0, 0.05) is 38.8 Å². The number of methoxy groups -OCH3 is 2. The van der Waals surface area contributed by atoms with E-state index in [1.165, 1.54) is 6.20 Å². The Hall–Kier alpha value is -4.79. The zero-order valence-corrected chi connectivity index (χ0v) is 28.1. The van der Waals surface area contributed by atoms with Gasteiger partial charge < -0.3 is 34.1 Å². The van der Waals surface area contributed by atoms with Crippen LogP contribution in [0, 0.1) is 0 Å². The molecule has 2 saturated heterocycles. The Kier molecular flexibility index (Phi) is 11.1. The molecule has 0 radical (unpaired) electrons. The van der Waals surface area contributed by atoms with E-state index < -0.39 is 41.2 Å². The third-order valence-electron chi connectivity index (χ3n) is 9.18. The standard InChI is InChI=1S/C37H42N4O9/c1-46-28-12-8-26(9-13-28)37(25-6-4-3-5-7-25,27-10-14-29(47-2)15-11-27)49-24-32-31(42)22-33(50-32)41-23-30(35(44)39-36(41)45)34(43)38-16-17-40-18-20-48-21-19-40/h3-15,23,31-33,42H,16-22,24H2,1-2H3,(H,38,43)(H,39,44,45)/t31-,32+,33+/m0/s1. The van der Waals surface area contributed by atoms with E-state index in [2.05, 4.69) is 15.2 Å². The van der Waals surface area contributed by atoms with Gasteiger partial charge in [-0.1, -0.05) is 54.6 Å². The molecule has 6 rings (SSSR count). The van der Waals surface area contributed by atoms with E-state index in [0.717, 1.165) is 34.3 Å². The molecule has 1 aromatic heterocycles. The Morgan fingerprint density at radius 3 is 2.12 bits per heavy atom. The van der Waals surface area contributed by atoms with E-state index in [1.807, 2.05) is 78.9 Å². The van der Waals surface area contributed by atoms with Gasteiger partial charge in [0.25, 0.3) is 11.5 Å². The van der Waals surface area contributed by atoms with Crippen LogP contribution in [0.3, 0.4) is 0 Å². The first-order valence-corrected chi connectivity index (χ1v) is 16.6. The number of nitrogens with zero attached hydrogens (tertiary/aromatic N) is 2. The van der Waals surface area contributed by atoms with Gasteiger partial charge in [-0.25, -0.2) is 4.79 Å². The summed E-state index contributed by atoms with van der Waals surface area (Å²) in [4.78, 5) is 43.0. The van der Waals surface area contributed by atoms with Crippen LogP contribution in [0.15, 0.2) is 94.6 Å². The summed E-state index contributed by atoms with van der Waals surface area (Å²) in [6.45, 7) is 3.64. The molecule has 2 fully saturated rings. The van der Waals surface area contributed by atoms with Crippen molar-refractivity contribution < 1.29 is 33.6 Å². The van der Waals surface area contributed by atoms with Crippen LogP contribution in [0.2, 0.25) is 0 Å². The van der Waals surface area contributed by atoms with Crippen molar-refractivity contribution in [3.8, 4) is 11.5 Å². The first-order valence-electron chi connectivity index (χ1n) is 16.6. The molecule has 0 spiro atoms. The topological polar surface area (TPSA) is 154 Å². The van der Waals surface area contributed by atoms with Crippen molar-refractivity contribution in [3.63, 3.8) is 0 Å². The number of rotatable bonds is 13. The molecule has 3 aromatic carbocycles. The van der Waals surface area contributed by atoms with Crippen molar-refractivity contribution in [1.82, 2.24) is 19.8 Å². The summed E-state index contributed by atoms with van der Waals surface area (Å²) in [5.74, 6) is 0.747. The third-order valence-corrected chi connectivity index (χ3v) is 9.18. The van der Waals surface area contributed by atoms with Crippen molar-refractivity contribution in [2.24, 2.45) is 0 Å². The second kappa shape index (κ2) is 15.8. The quantitative estimate of drug-likeness (QED) is 0.179. The van der Waals surface area contributed by atoms with Gasteiger partial charge in [-0.15, -0.1) is 0 Å². The molecule has 2 aliphatic heterocycles. The molecule has 0 bridgehead atoms. The molecule has 1 amide bonds. The average molecular weight is 687 g/mol. The molecule has 3 heterocycles. The van der Waals surface area contributed by atoms with Crippen molar-refractivity contribution in [1.29, 1.82) is 0 Å². The SMILES string of the molecule is COc1ccc(C(OC[C@H]2O[C@@H](n3cc(C(=O)NCCN4CCOCC4)c(=O)[nH]c3=O)C[C@@H]2O)(c2ccccc2)c2ccc(OC)cc2)cc1. The van der Waals surface area contributed by atoms with Gasteiger partial charge >= 0.3 is 5.69 Å². The highest BCUT2D eigenvalue weighted by Crippen LogP contribution is 2.42. The highest BCUT2D eigenvalue weighted by Gasteiger charge is 2.42. The minimum absolute atomic E-state index is 0.0292. The van der Waals surface area contributed by atoms with E-state index in [9.17, 15) is 19.5 Å². The summed E-state index contributed by atoms with van der Waals surface area (Å²) in [6, 6.07) is 24.9. The van der Waals surface area contributed by atoms with E-state index in [1.54, 1.807) is 14.2 Å². The van der Waals surface area contributed by atoms with Crippen LogP contribution in [0.4, 0.5) is 0 Å². The number of hydrogen-bond donors (Lipinski definition) is 3. The lowest BCUT2D eigenvalue weighted by atomic mass is 9.80. The van der Waals surface area contributed by atoms with Crippen LogP contribution in [-0.2, 0) is 19.8 Å². The lowest BCUT2D eigenvalue weighted by Gasteiger charge is -2.37. The summed E-state index contributed by atoms with van der Waals surface area (Å²) in [5, 5.41) is 14.0. The van der Waals surface area contributed by atoms with Gasteiger partial charge in [-0.3, -0.25) is 24.0 Å². The maximum atomic E-state index is 13.0. The Balaban J connectivity index is 1.25. The lowest BCUT2D eigenvalue weighted by molar-refractivity contribution is -0.0944. The summed E-state index contributed by atoms with van der Waals surface area (Å²) >= 11 is 0. The Labute approximate surface area is 289 Å². The summed E-state index contributed by atoms with van der Waals surface area (Å²) in [7, 11) is 3.20. The Morgan fingerprint density at radius 2 is 1.52 bits per heavy atom. The summed E-state index contributed by atoms with van der Waals surface area (Å²) in [6.07, 6.45) is -1.62. The van der Waals surface area contributed by atoms with Crippen molar-refractivity contribution in [3.05, 3.63) is 128 Å². The number of aromatic amines is 1. The maximum absolute atomic E-state index is 13.0. The number of aliphatic hydroxyl groups excluding tert-OH is 1. The minimum Gasteiger partial charge on any atom is -0.497 e.